The van der Waals surface area contributed by atoms with Gasteiger partial charge in [0.2, 0.25) is 5.91 Å². The number of ether oxygens (including phenoxy) is 1. The molecule has 0 aliphatic carbocycles. The van der Waals surface area contributed by atoms with Crippen molar-refractivity contribution in [2.75, 3.05) is 24.6 Å². The Bertz CT molecular complexity index is 880. The molecule has 5 nitrogen and oxygen atoms in total. The quantitative estimate of drug-likeness (QED) is 0.772. The molecule has 1 aliphatic rings. The summed E-state index contributed by atoms with van der Waals surface area (Å²) in [5, 5.41) is 0. The van der Waals surface area contributed by atoms with E-state index in [2.05, 4.69) is 0 Å². The Hall–Kier alpha value is -3.03. The molecule has 1 saturated heterocycles. The van der Waals surface area contributed by atoms with Gasteiger partial charge in [0.05, 0.1) is 12.2 Å². The van der Waals surface area contributed by atoms with Crippen molar-refractivity contribution in [3.63, 3.8) is 0 Å². The summed E-state index contributed by atoms with van der Waals surface area (Å²) in [5.74, 6) is -0.0144. The lowest BCUT2D eigenvalue weighted by Gasteiger charge is -2.39. The van der Waals surface area contributed by atoms with Crippen LogP contribution in [-0.2, 0) is 11.0 Å². The maximum atomic E-state index is 12.8. The number of amides is 2. The van der Waals surface area contributed by atoms with E-state index in [4.69, 9.17) is 4.74 Å². The Labute approximate surface area is 166 Å². The van der Waals surface area contributed by atoms with Gasteiger partial charge in [-0.25, -0.2) is 0 Å². The molecular formula is C21H21F3N2O3. The van der Waals surface area contributed by atoms with Crippen molar-refractivity contribution < 1.29 is 27.5 Å². The molecule has 2 aromatic carbocycles. The molecule has 0 spiro atoms. The fourth-order valence-electron chi connectivity index (χ4n) is 3.26. The monoisotopic (exact) mass is 406 g/mol. The lowest BCUT2D eigenvalue weighted by Crippen LogP contribution is -2.57. The van der Waals surface area contributed by atoms with Gasteiger partial charge in [0.25, 0.3) is 5.91 Å². The van der Waals surface area contributed by atoms with Gasteiger partial charge in [-0.1, -0.05) is 0 Å². The van der Waals surface area contributed by atoms with Crippen molar-refractivity contribution in [2.24, 2.45) is 0 Å². The van der Waals surface area contributed by atoms with E-state index >= 15 is 0 Å². The van der Waals surface area contributed by atoms with Gasteiger partial charge >= 0.3 is 6.18 Å². The summed E-state index contributed by atoms with van der Waals surface area (Å²) in [6.07, 6.45) is -4.46. The van der Waals surface area contributed by atoms with Crippen LogP contribution < -0.4 is 9.64 Å². The summed E-state index contributed by atoms with van der Waals surface area (Å²) in [7, 11) is 0. The number of hydrogen-bond acceptors (Lipinski definition) is 3. The van der Waals surface area contributed by atoms with Gasteiger partial charge in [-0.05, 0) is 62.4 Å². The minimum Gasteiger partial charge on any atom is -0.494 e. The minimum atomic E-state index is -4.46. The molecule has 29 heavy (non-hydrogen) atoms. The topological polar surface area (TPSA) is 49.9 Å². The number of carbonyl (C=O) groups excluding carboxylic acids is 2. The van der Waals surface area contributed by atoms with Crippen LogP contribution >= 0.6 is 0 Å². The molecule has 0 radical (unpaired) electrons. The fraction of sp³-hybridized carbons (Fsp3) is 0.333. The first-order chi connectivity index (χ1) is 13.7. The first-order valence-corrected chi connectivity index (χ1v) is 9.25. The lowest BCUT2D eigenvalue weighted by atomic mass is 10.1. The van der Waals surface area contributed by atoms with Gasteiger partial charge in [0, 0.05) is 24.3 Å². The summed E-state index contributed by atoms with van der Waals surface area (Å²) >= 11 is 0. The van der Waals surface area contributed by atoms with Crippen molar-refractivity contribution in [3.8, 4) is 5.75 Å². The number of nitrogens with zero attached hydrogens (tertiary/aromatic N) is 2. The lowest BCUT2D eigenvalue weighted by molar-refractivity contribution is -0.137. The number of anilines is 1. The van der Waals surface area contributed by atoms with Crippen LogP contribution in [0.5, 0.6) is 5.75 Å². The summed E-state index contributed by atoms with van der Waals surface area (Å²) in [5.41, 5.74) is -0.00223. The van der Waals surface area contributed by atoms with E-state index in [0.717, 1.165) is 24.3 Å². The fourth-order valence-corrected chi connectivity index (χ4v) is 3.26. The van der Waals surface area contributed by atoms with Crippen LogP contribution in [0.1, 0.15) is 29.8 Å². The Kier molecular flexibility index (Phi) is 5.81. The molecule has 1 heterocycles. The average molecular weight is 406 g/mol. The first kappa shape index (κ1) is 20.7. The van der Waals surface area contributed by atoms with Gasteiger partial charge < -0.3 is 14.5 Å². The van der Waals surface area contributed by atoms with Gasteiger partial charge in [0.15, 0.2) is 0 Å². The van der Waals surface area contributed by atoms with E-state index in [1.807, 2.05) is 6.92 Å². The number of hydrogen-bond donors (Lipinski definition) is 0. The van der Waals surface area contributed by atoms with Gasteiger partial charge in [0.1, 0.15) is 11.8 Å². The maximum absolute atomic E-state index is 12.8. The minimum absolute atomic E-state index is 0.118. The molecule has 8 heteroatoms. The molecule has 154 valence electrons. The highest BCUT2D eigenvalue weighted by molar-refractivity contribution is 6.03. The second kappa shape index (κ2) is 8.14. The zero-order valence-corrected chi connectivity index (χ0v) is 16.1. The molecule has 0 bridgehead atoms. The SMILES string of the molecule is CCOc1ccc(N2CCN(C(=O)c3ccc(C(F)(F)F)cc3)C(C)C2=O)cc1. The molecule has 0 saturated carbocycles. The van der Waals surface area contributed by atoms with Crippen LogP contribution in [0, 0.1) is 0 Å². The molecule has 1 fully saturated rings. The number of piperazine rings is 1. The third-order valence-electron chi connectivity index (χ3n) is 4.83. The highest BCUT2D eigenvalue weighted by Gasteiger charge is 2.36. The van der Waals surface area contributed by atoms with Crippen LogP contribution in [0.2, 0.25) is 0 Å². The number of alkyl halides is 3. The highest BCUT2D eigenvalue weighted by Crippen LogP contribution is 2.30. The predicted octanol–water partition coefficient (Wildman–Crippen LogP) is 3.98. The Morgan fingerprint density at radius 3 is 2.24 bits per heavy atom. The van der Waals surface area contributed by atoms with Crippen molar-refractivity contribution in [1.82, 2.24) is 4.90 Å². The summed E-state index contributed by atoms with van der Waals surface area (Å²) < 4.78 is 43.5. The average Bonchev–Trinajstić information content (AvgIpc) is 2.70. The molecule has 2 amide bonds. The van der Waals surface area contributed by atoms with E-state index < -0.39 is 23.7 Å². The number of rotatable bonds is 4. The molecule has 3 rings (SSSR count). The van der Waals surface area contributed by atoms with Crippen molar-refractivity contribution in [1.29, 1.82) is 0 Å². The third-order valence-corrected chi connectivity index (χ3v) is 4.83. The summed E-state index contributed by atoms with van der Waals surface area (Å²) in [6.45, 7) is 4.61. The number of carbonyl (C=O) groups is 2. The van der Waals surface area contributed by atoms with E-state index in [9.17, 15) is 22.8 Å². The second-order valence-electron chi connectivity index (χ2n) is 6.67. The molecule has 0 N–H and O–H groups in total. The van der Waals surface area contributed by atoms with E-state index in [0.29, 0.717) is 24.6 Å². The summed E-state index contributed by atoms with van der Waals surface area (Å²) in [4.78, 5) is 28.5. The van der Waals surface area contributed by atoms with E-state index in [1.54, 1.807) is 36.1 Å². The normalized spacial score (nSPS) is 17.4. The van der Waals surface area contributed by atoms with E-state index in [-0.39, 0.29) is 18.0 Å². The Balaban J connectivity index is 1.72. The largest absolute Gasteiger partial charge is 0.494 e. The number of halogens is 3. The standard InChI is InChI=1S/C21H21F3N2O3/c1-3-29-18-10-8-17(9-11-18)26-13-12-25(14(2)19(26)27)20(28)15-4-6-16(7-5-15)21(22,23)24/h4-11,14H,3,12-13H2,1-2H3. The highest BCUT2D eigenvalue weighted by atomic mass is 19.4. The van der Waals surface area contributed by atoms with Crippen LogP contribution in [0.15, 0.2) is 48.5 Å². The maximum Gasteiger partial charge on any atom is 0.416 e. The summed E-state index contributed by atoms with van der Waals surface area (Å²) in [6, 6.07) is 10.4. The van der Waals surface area contributed by atoms with Gasteiger partial charge in [-0.3, -0.25) is 9.59 Å². The van der Waals surface area contributed by atoms with Gasteiger partial charge in [-0.15, -0.1) is 0 Å². The molecule has 1 unspecified atom stereocenters. The predicted molar refractivity (Wildman–Crippen MR) is 102 cm³/mol. The zero-order chi connectivity index (χ0) is 21.2. The molecular weight excluding hydrogens is 385 g/mol. The molecule has 0 aromatic heterocycles. The van der Waals surface area contributed by atoms with E-state index in [1.165, 1.54) is 4.90 Å². The Morgan fingerprint density at radius 1 is 1.07 bits per heavy atom. The van der Waals surface area contributed by atoms with Crippen LogP contribution in [0.4, 0.5) is 18.9 Å². The van der Waals surface area contributed by atoms with Crippen molar-refractivity contribution in [3.05, 3.63) is 59.7 Å². The van der Waals surface area contributed by atoms with Crippen molar-refractivity contribution >= 4 is 17.5 Å². The van der Waals surface area contributed by atoms with Crippen LogP contribution in [0.3, 0.4) is 0 Å². The second-order valence-corrected chi connectivity index (χ2v) is 6.67. The van der Waals surface area contributed by atoms with Crippen LogP contribution in [0.25, 0.3) is 0 Å². The first-order valence-electron chi connectivity index (χ1n) is 9.25. The zero-order valence-electron chi connectivity index (χ0n) is 16.1. The molecule has 2 aromatic rings. The third kappa shape index (κ3) is 4.36. The Morgan fingerprint density at radius 2 is 1.69 bits per heavy atom. The van der Waals surface area contributed by atoms with Crippen LogP contribution in [-0.4, -0.2) is 42.5 Å². The number of benzene rings is 2. The van der Waals surface area contributed by atoms with Gasteiger partial charge in [-0.2, -0.15) is 13.2 Å². The molecule has 1 aliphatic heterocycles. The smallest absolute Gasteiger partial charge is 0.416 e. The molecule has 1 atom stereocenters. The van der Waals surface area contributed by atoms with Crippen molar-refractivity contribution in [2.45, 2.75) is 26.1 Å².